The maximum absolute atomic E-state index is 13.4. The first-order valence-corrected chi connectivity index (χ1v) is 18.3. The molecular weight excluding hydrogens is 701 g/mol. The normalized spacial score (nSPS) is 15.2. The van der Waals surface area contributed by atoms with E-state index in [1.165, 1.54) is 24.3 Å². The summed E-state index contributed by atoms with van der Waals surface area (Å²) in [5, 5.41) is 25.8. The topological polar surface area (TPSA) is 181 Å². The molecule has 3 atom stereocenters. The number of fused-ring (bicyclic) bond motifs is 2. The van der Waals surface area contributed by atoms with Crippen LogP contribution in [0.25, 0.3) is 27.6 Å². The number of benzene rings is 4. The first-order chi connectivity index (χ1) is 26.7. The Morgan fingerprint density at radius 2 is 1.82 bits per heavy atom. The number of urea groups is 1. The molecule has 55 heavy (non-hydrogen) atoms. The van der Waals surface area contributed by atoms with E-state index in [-0.39, 0.29) is 29.4 Å². The maximum atomic E-state index is 13.4. The molecule has 6 aromatic rings. The SMILES string of the molecule is CCCC(NC(=O)Oc1ccc([N+](=O)[O-])cc1)Nc1ccc2c(c1)ncn2-c1ccnc(NC(C)C2CCCN(C(=O)Nc3cccc4ccccc34)C2)n1. The number of hydrogen-bond acceptors (Lipinski definition) is 10. The Labute approximate surface area is 317 Å². The molecule has 15 heteroatoms. The van der Waals surface area contributed by atoms with Crippen LogP contribution in [0.4, 0.5) is 32.6 Å². The van der Waals surface area contributed by atoms with Crippen LogP contribution >= 0.6 is 0 Å². The smallest absolute Gasteiger partial charge is 0.410 e. The molecule has 0 spiro atoms. The fourth-order valence-electron chi connectivity index (χ4n) is 6.88. The van der Waals surface area contributed by atoms with Crippen molar-refractivity contribution in [3.05, 3.63) is 114 Å². The van der Waals surface area contributed by atoms with Gasteiger partial charge in [-0.05, 0) is 80.0 Å². The Hall–Kier alpha value is -6.77. The summed E-state index contributed by atoms with van der Waals surface area (Å²) in [4.78, 5) is 52.2. The summed E-state index contributed by atoms with van der Waals surface area (Å²) in [5.74, 6) is 1.53. The number of non-ortho nitro benzene ring substituents is 1. The molecule has 3 unspecified atom stereocenters. The summed E-state index contributed by atoms with van der Waals surface area (Å²) >= 11 is 0. The van der Waals surface area contributed by atoms with Crippen molar-refractivity contribution in [3.8, 4) is 11.6 Å². The molecule has 4 N–H and O–H groups in total. The van der Waals surface area contributed by atoms with Gasteiger partial charge in [-0.2, -0.15) is 4.98 Å². The average Bonchev–Trinajstić information content (AvgIpc) is 3.62. The lowest BCUT2D eigenvalue weighted by Crippen LogP contribution is -2.46. The molecule has 1 fully saturated rings. The van der Waals surface area contributed by atoms with Crippen molar-refractivity contribution in [3.63, 3.8) is 0 Å². The van der Waals surface area contributed by atoms with Crippen LogP contribution in [0.1, 0.15) is 39.5 Å². The fourth-order valence-corrected chi connectivity index (χ4v) is 6.88. The zero-order valence-electron chi connectivity index (χ0n) is 30.5. The molecule has 0 saturated carbocycles. The number of likely N-dealkylation sites (tertiary alicyclic amines) is 1. The summed E-state index contributed by atoms with van der Waals surface area (Å²) in [6.07, 6.45) is 5.58. The number of nitro benzene ring substituents is 1. The third-order valence-corrected chi connectivity index (χ3v) is 9.74. The number of rotatable bonds is 12. The standard InChI is InChI=1S/C40H42N10O5/c1-3-8-36(46-40(52)55-31-17-15-30(16-18-31)50(53)54)44-29-14-19-35-34(23-29)42-25-49(35)37-20-21-41-38(47-37)43-26(2)28-11-7-22-48(24-28)39(51)45-33-13-6-10-27-9-4-5-12-32(27)33/h4-6,9-10,12-21,23,25-26,28,36,44H,3,7-8,11,22,24H2,1-2H3,(H,45,51)(H,46,52)(H,41,43,47). The summed E-state index contributed by atoms with van der Waals surface area (Å²) in [7, 11) is 0. The second-order valence-corrected chi connectivity index (χ2v) is 13.6. The number of piperidine rings is 1. The van der Waals surface area contributed by atoms with Gasteiger partial charge in [0.05, 0.1) is 21.6 Å². The van der Waals surface area contributed by atoms with E-state index in [2.05, 4.69) is 38.2 Å². The van der Waals surface area contributed by atoms with Crippen molar-refractivity contribution in [2.45, 2.75) is 51.7 Å². The van der Waals surface area contributed by atoms with Gasteiger partial charge in [-0.1, -0.05) is 49.7 Å². The molecule has 282 valence electrons. The number of aromatic nitrogens is 4. The van der Waals surface area contributed by atoms with Crippen molar-refractivity contribution in [2.75, 3.05) is 29.0 Å². The van der Waals surface area contributed by atoms with Crippen LogP contribution in [0.5, 0.6) is 5.75 Å². The van der Waals surface area contributed by atoms with E-state index < -0.39 is 17.2 Å². The minimum absolute atomic E-state index is 0.00709. The maximum Gasteiger partial charge on any atom is 0.414 e. The molecule has 3 amide bonds. The van der Waals surface area contributed by atoms with E-state index >= 15 is 0 Å². The highest BCUT2D eigenvalue weighted by atomic mass is 16.6. The Morgan fingerprint density at radius 1 is 1.00 bits per heavy atom. The number of anilines is 3. The molecule has 0 bridgehead atoms. The van der Waals surface area contributed by atoms with Crippen LogP contribution in [-0.4, -0.2) is 66.8 Å². The first kappa shape index (κ1) is 36.6. The molecule has 0 radical (unpaired) electrons. The van der Waals surface area contributed by atoms with Crippen LogP contribution in [0.15, 0.2) is 104 Å². The molecule has 1 aliphatic heterocycles. The third-order valence-electron chi connectivity index (χ3n) is 9.74. The van der Waals surface area contributed by atoms with E-state index in [9.17, 15) is 19.7 Å². The van der Waals surface area contributed by atoms with Crippen molar-refractivity contribution >= 4 is 56.9 Å². The molecule has 1 saturated heterocycles. The monoisotopic (exact) mass is 742 g/mol. The van der Waals surface area contributed by atoms with Gasteiger partial charge in [0, 0.05) is 48.5 Å². The molecule has 15 nitrogen and oxygen atoms in total. The summed E-state index contributed by atoms with van der Waals surface area (Å²) in [6, 6.07) is 26.7. The van der Waals surface area contributed by atoms with E-state index in [1.54, 1.807) is 12.5 Å². The highest BCUT2D eigenvalue weighted by Crippen LogP contribution is 2.27. The summed E-state index contributed by atoms with van der Waals surface area (Å²) in [6.45, 7) is 5.42. The van der Waals surface area contributed by atoms with E-state index in [4.69, 9.17) is 9.72 Å². The van der Waals surface area contributed by atoms with Crippen LogP contribution in [0, 0.1) is 16.0 Å². The van der Waals surface area contributed by atoms with Crippen LogP contribution in [-0.2, 0) is 0 Å². The van der Waals surface area contributed by atoms with Crippen molar-refractivity contribution < 1.29 is 19.2 Å². The second-order valence-electron chi connectivity index (χ2n) is 13.6. The molecule has 1 aliphatic rings. The van der Waals surface area contributed by atoms with Gasteiger partial charge in [-0.15, -0.1) is 0 Å². The van der Waals surface area contributed by atoms with E-state index in [1.807, 2.05) is 83.1 Å². The van der Waals surface area contributed by atoms with Gasteiger partial charge in [0.15, 0.2) is 0 Å². The number of carbonyl (C=O) groups excluding carboxylic acids is 2. The summed E-state index contributed by atoms with van der Waals surface area (Å²) < 4.78 is 7.23. The average molecular weight is 743 g/mol. The number of carbonyl (C=O) groups is 2. The summed E-state index contributed by atoms with van der Waals surface area (Å²) in [5.41, 5.74) is 3.02. The van der Waals surface area contributed by atoms with Crippen molar-refractivity contribution in [2.24, 2.45) is 5.92 Å². The lowest BCUT2D eigenvalue weighted by molar-refractivity contribution is -0.384. The van der Waals surface area contributed by atoms with Crippen LogP contribution in [0.2, 0.25) is 0 Å². The van der Waals surface area contributed by atoms with Gasteiger partial charge in [-0.25, -0.2) is 19.6 Å². The second kappa shape index (κ2) is 16.5. The van der Waals surface area contributed by atoms with Crippen molar-refractivity contribution in [1.82, 2.24) is 29.7 Å². The minimum atomic E-state index is -0.684. The van der Waals surface area contributed by atoms with E-state index in [0.717, 1.165) is 52.4 Å². The minimum Gasteiger partial charge on any atom is -0.410 e. The molecule has 0 aliphatic carbocycles. The number of amides is 3. The Bertz CT molecular complexity index is 2310. The number of hydrogen-bond donors (Lipinski definition) is 4. The quantitative estimate of drug-likeness (QED) is 0.0546. The number of ether oxygens (including phenoxy) is 1. The Balaban J connectivity index is 0.968. The predicted octanol–water partition coefficient (Wildman–Crippen LogP) is 7.95. The molecular formula is C40H42N10O5. The van der Waals surface area contributed by atoms with Gasteiger partial charge in [0.2, 0.25) is 5.95 Å². The third kappa shape index (κ3) is 8.73. The van der Waals surface area contributed by atoms with Crippen LogP contribution in [0.3, 0.4) is 0 Å². The van der Waals surface area contributed by atoms with Crippen LogP contribution < -0.4 is 26.0 Å². The van der Waals surface area contributed by atoms with Gasteiger partial charge < -0.3 is 30.9 Å². The Kier molecular flexibility index (Phi) is 11.0. The Morgan fingerprint density at radius 3 is 2.64 bits per heavy atom. The molecule has 4 aromatic carbocycles. The number of imidazole rings is 1. The first-order valence-electron chi connectivity index (χ1n) is 18.3. The predicted molar refractivity (Wildman–Crippen MR) is 212 cm³/mol. The highest BCUT2D eigenvalue weighted by molar-refractivity contribution is 6.01. The number of nitrogens with one attached hydrogen (secondary N) is 4. The zero-order chi connectivity index (χ0) is 38.3. The zero-order valence-corrected chi connectivity index (χ0v) is 30.5. The highest BCUT2D eigenvalue weighted by Gasteiger charge is 2.28. The van der Waals surface area contributed by atoms with Gasteiger partial charge in [0.25, 0.3) is 5.69 Å². The number of nitro groups is 1. The number of nitrogens with zero attached hydrogens (tertiary/aromatic N) is 6. The lowest BCUT2D eigenvalue weighted by atomic mass is 9.92. The van der Waals surface area contributed by atoms with E-state index in [0.29, 0.717) is 31.3 Å². The molecule has 2 aromatic heterocycles. The largest absolute Gasteiger partial charge is 0.414 e. The molecule has 3 heterocycles. The van der Waals surface area contributed by atoms with Gasteiger partial charge in [-0.3, -0.25) is 14.7 Å². The molecule has 7 rings (SSSR count). The lowest BCUT2D eigenvalue weighted by Gasteiger charge is -2.36. The van der Waals surface area contributed by atoms with Crippen molar-refractivity contribution in [1.29, 1.82) is 0 Å². The van der Waals surface area contributed by atoms with Gasteiger partial charge in [0.1, 0.15) is 24.1 Å². The fraction of sp³-hybridized carbons (Fsp3) is 0.275. The van der Waals surface area contributed by atoms with Gasteiger partial charge >= 0.3 is 12.1 Å².